The van der Waals surface area contributed by atoms with Crippen LogP contribution in [0, 0.1) is 0 Å². The molecule has 0 aliphatic carbocycles. The van der Waals surface area contributed by atoms with Gasteiger partial charge in [0.25, 0.3) is 0 Å². The predicted octanol–water partition coefficient (Wildman–Crippen LogP) is 5.25. The molecule has 0 atom stereocenters. The Kier molecular flexibility index (Phi) is 5.85. The van der Waals surface area contributed by atoms with Crippen LogP contribution in [0.25, 0.3) is 11.0 Å². The van der Waals surface area contributed by atoms with E-state index in [4.69, 9.17) is 15.9 Å². The maximum Gasteiger partial charge on any atom is 0.198 e. The van der Waals surface area contributed by atoms with Gasteiger partial charge in [-0.25, -0.2) is 0 Å². The molecule has 128 valence electrons. The van der Waals surface area contributed by atoms with Crippen LogP contribution in [0.15, 0.2) is 45.9 Å². The number of nitrogens with two attached hydrogens (primary N) is 2. The topological polar surface area (TPSA) is 82.2 Å². The third kappa shape index (κ3) is 4.75. The molecule has 1 aromatic carbocycles. The van der Waals surface area contributed by atoms with Gasteiger partial charge in [0.05, 0.1) is 11.4 Å². The number of carbonyl (C=O) groups is 1. The van der Waals surface area contributed by atoms with E-state index in [0.29, 0.717) is 29.1 Å². The molecule has 1 heterocycles. The number of fused-ring (bicyclic) bond motifs is 1. The molecule has 2 aromatic rings. The fourth-order valence-electron chi connectivity index (χ4n) is 2.52. The highest BCUT2D eigenvalue weighted by molar-refractivity contribution is 5.99. The summed E-state index contributed by atoms with van der Waals surface area (Å²) in [5.41, 5.74) is 15.7. The molecule has 0 radical (unpaired) electrons. The van der Waals surface area contributed by atoms with Crippen molar-refractivity contribution in [2.45, 2.75) is 46.5 Å². The molecular formula is C20H26N2O2. The molecule has 0 amide bonds. The van der Waals surface area contributed by atoms with E-state index in [1.165, 1.54) is 11.1 Å². The molecule has 0 aliphatic heterocycles. The van der Waals surface area contributed by atoms with E-state index < -0.39 is 0 Å². The van der Waals surface area contributed by atoms with Crippen molar-refractivity contribution in [3.8, 4) is 0 Å². The standard InChI is InChI=1S/C20H26N2O2/c1-13(2)6-4-7-14(3)8-5-9-18(23)20-11-15-10-16(21)17(22)12-19(15)24-20/h6,8,10-12H,4-5,7,9,21-22H2,1-3H3/b14-8+. The number of hydrogen-bond donors (Lipinski definition) is 2. The summed E-state index contributed by atoms with van der Waals surface area (Å²) in [7, 11) is 0. The lowest BCUT2D eigenvalue weighted by atomic mass is 10.1. The van der Waals surface area contributed by atoms with Crippen molar-refractivity contribution in [1.29, 1.82) is 0 Å². The second-order valence-corrected chi connectivity index (χ2v) is 6.46. The van der Waals surface area contributed by atoms with Crippen molar-refractivity contribution in [2.24, 2.45) is 0 Å². The van der Waals surface area contributed by atoms with Gasteiger partial charge in [-0.05, 0) is 52.2 Å². The van der Waals surface area contributed by atoms with Gasteiger partial charge in [0.15, 0.2) is 11.5 Å². The van der Waals surface area contributed by atoms with E-state index in [1.807, 2.05) is 0 Å². The van der Waals surface area contributed by atoms with Gasteiger partial charge in [-0.15, -0.1) is 0 Å². The molecule has 4 N–H and O–H groups in total. The Balaban J connectivity index is 1.94. The van der Waals surface area contributed by atoms with E-state index in [9.17, 15) is 4.79 Å². The quantitative estimate of drug-likeness (QED) is 0.413. The van der Waals surface area contributed by atoms with Crippen molar-refractivity contribution in [1.82, 2.24) is 0 Å². The van der Waals surface area contributed by atoms with Crippen LogP contribution in [0.1, 0.15) is 57.0 Å². The van der Waals surface area contributed by atoms with Crippen LogP contribution in [-0.2, 0) is 0 Å². The number of carbonyl (C=O) groups excluding carboxylic acids is 1. The molecule has 4 nitrogen and oxygen atoms in total. The van der Waals surface area contributed by atoms with Crippen LogP contribution >= 0.6 is 0 Å². The first-order valence-corrected chi connectivity index (χ1v) is 8.27. The number of Topliss-reactive ketones (excluding diaryl/α,β-unsaturated/α-hetero) is 1. The lowest BCUT2D eigenvalue weighted by Crippen LogP contribution is -1.95. The number of benzene rings is 1. The van der Waals surface area contributed by atoms with Crippen molar-refractivity contribution >= 4 is 28.1 Å². The van der Waals surface area contributed by atoms with Crippen LogP contribution in [0.5, 0.6) is 0 Å². The molecule has 0 saturated carbocycles. The number of nitrogen functional groups attached to an aromatic ring is 2. The summed E-state index contributed by atoms with van der Waals surface area (Å²) in [6, 6.07) is 5.13. The summed E-state index contributed by atoms with van der Waals surface area (Å²) < 4.78 is 5.60. The van der Waals surface area contributed by atoms with Gasteiger partial charge >= 0.3 is 0 Å². The number of hydrogen-bond acceptors (Lipinski definition) is 4. The number of allylic oxidation sites excluding steroid dienone is 4. The van der Waals surface area contributed by atoms with E-state index in [-0.39, 0.29) is 5.78 Å². The van der Waals surface area contributed by atoms with Crippen molar-refractivity contribution in [2.75, 3.05) is 11.5 Å². The highest BCUT2D eigenvalue weighted by Gasteiger charge is 2.12. The summed E-state index contributed by atoms with van der Waals surface area (Å²) in [5, 5.41) is 0.804. The first-order valence-electron chi connectivity index (χ1n) is 8.27. The monoisotopic (exact) mass is 326 g/mol. The summed E-state index contributed by atoms with van der Waals surface area (Å²) >= 11 is 0. The molecule has 0 aliphatic rings. The number of ketones is 1. The van der Waals surface area contributed by atoms with E-state index >= 15 is 0 Å². The van der Waals surface area contributed by atoms with Crippen molar-refractivity contribution in [3.63, 3.8) is 0 Å². The molecule has 2 rings (SSSR count). The molecule has 1 aromatic heterocycles. The molecule has 24 heavy (non-hydrogen) atoms. The van der Waals surface area contributed by atoms with Gasteiger partial charge in [0.2, 0.25) is 0 Å². The van der Waals surface area contributed by atoms with Gasteiger partial charge < -0.3 is 15.9 Å². The third-order valence-electron chi connectivity index (χ3n) is 3.95. The van der Waals surface area contributed by atoms with E-state index in [1.54, 1.807) is 18.2 Å². The highest BCUT2D eigenvalue weighted by Crippen LogP contribution is 2.27. The predicted molar refractivity (Wildman–Crippen MR) is 101 cm³/mol. The fraction of sp³-hybridized carbons (Fsp3) is 0.350. The third-order valence-corrected chi connectivity index (χ3v) is 3.95. The summed E-state index contributed by atoms with van der Waals surface area (Å²) in [5.74, 6) is 0.363. The summed E-state index contributed by atoms with van der Waals surface area (Å²) in [6.07, 6.45) is 7.60. The van der Waals surface area contributed by atoms with Crippen LogP contribution in [0.3, 0.4) is 0 Å². The number of rotatable bonds is 7. The Bertz CT molecular complexity index is 754. The summed E-state index contributed by atoms with van der Waals surface area (Å²) in [4.78, 5) is 12.3. The van der Waals surface area contributed by atoms with Gasteiger partial charge in [-0.3, -0.25) is 4.79 Å². The normalized spacial score (nSPS) is 11.7. The fourth-order valence-corrected chi connectivity index (χ4v) is 2.52. The molecule has 0 spiro atoms. The van der Waals surface area contributed by atoms with Gasteiger partial charge in [-0.2, -0.15) is 0 Å². The average Bonchev–Trinajstić information content (AvgIpc) is 2.90. The van der Waals surface area contributed by atoms with Crippen LogP contribution in [-0.4, -0.2) is 5.78 Å². The van der Waals surface area contributed by atoms with E-state index in [0.717, 1.165) is 24.6 Å². The zero-order chi connectivity index (χ0) is 17.7. The summed E-state index contributed by atoms with van der Waals surface area (Å²) in [6.45, 7) is 6.31. The van der Waals surface area contributed by atoms with Gasteiger partial charge in [0, 0.05) is 17.9 Å². The Morgan fingerprint density at radius 3 is 2.38 bits per heavy atom. The van der Waals surface area contributed by atoms with Gasteiger partial charge in [-0.1, -0.05) is 23.3 Å². The SMILES string of the molecule is CC(C)=CCC/C(C)=C/CCC(=O)c1cc2cc(N)c(N)cc2o1. The zero-order valence-electron chi connectivity index (χ0n) is 14.7. The average molecular weight is 326 g/mol. The second-order valence-electron chi connectivity index (χ2n) is 6.46. The lowest BCUT2D eigenvalue weighted by Gasteiger charge is -1.99. The van der Waals surface area contributed by atoms with Gasteiger partial charge in [0.1, 0.15) is 5.58 Å². The molecule has 0 bridgehead atoms. The largest absolute Gasteiger partial charge is 0.453 e. The van der Waals surface area contributed by atoms with E-state index in [2.05, 4.69) is 32.9 Å². The number of anilines is 2. The molecule has 0 saturated heterocycles. The van der Waals surface area contributed by atoms with Crippen LogP contribution < -0.4 is 11.5 Å². The Labute approximate surface area is 143 Å². The molecule has 0 fully saturated rings. The second kappa shape index (κ2) is 7.86. The maximum absolute atomic E-state index is 12.3. The highest BCUT2D eigenvalue weighted by atomic mass is 16.3. The maximum atomic E-state index is 12.3. The zero-order valence-corrected chi connectivity index (χ0v) is 14.7. The Morgan fingerprint density at radius 2 is 1.67 bits per heavy atom. The molecule has 0 unspecified atom stereocenters. The minimum Gasteiger partial charge on any atom is -0.453 e. The van der Waals surface area contributed by atoms with Crippen molar-refractivity contribution in [3.05, 3.63) is 47.3 Å². The minimum absolute atomic E-state index is 0.00306. The first-order chi connectivity index (χ1) is 11.4. The first kappa shape index (κ1) is 17.9. The molecular weight excluding hydrogens is 300 g/mol. The lowest BCUT2D eigenvalue weighted by molar-refractivity contribution is 0.0959. The Morgan fingerprint density at radius 1 is 1.00 bits per heavy atom. The smallest absolute Gasteiger partial charge is 0.198 e. The van der Waals surface area contributed by atoms with Crippen LogP contribution in [0.2, 0.25) is 0 Å². The van der Waals surface area contributed by atoms with Crippen molar-refractivity contribution < 1.29 is 9.21 Å². The minimum atomic E-state index is -0.00306. The number of furan rings is 1. The Hall–Kier alpha value is -2.49. The molecule has 4 heteroatoms. The van der Waals surface area contributed by atoms with Crippen LogP contribution in [0.4, 0.5) is 11.4 Å².